The van der Waals surface area contributed by atoms with Gasteiger partial charge in [-0.2, -0.15) is 0 Å². The van der Waals surface area contributed by atoms with Crippen LogP contribution in [0.25, 0.3) is 0 Å². The summed E-state index contributed by atoms with van der Waals surface area (Å²) < 4.78 is 12.2. The predicted octanol–water partition coefficient (Wildman–Crippen LogP) is 4.10. The molecular formula is C25H44N4O4. The summed E-state index contributed by atoms with van der Waals surface area (Å²) in [5, 5.41) is 35.3. The van der Waals surface area contributed by atoms with Crippen LogP contribution in [0, 0.1) is 11.8 Å². The third kappa shape index (κ3) is 9.08. The van der Waals surface area contributed by atoms with E-state index in [4.69, 9.17) is 9.47 Å². The van der Waals surface area contributed by atoms with Gasteiger partial charge in [-0.3, -0.25) is 0 Å². The highest BCUT2D eigenvalue weighted by Gasteiger charge is 2.42. The minimum absolute atomic E-state index is 0.0499. The van der Waals surface area contributed by atoms with Gasteiger partial charge >= 0.3 is 0 Å². The lowest BCUT2D eigenvalue weighted by molar-refractivity contribution is -0.193. The van der Waals surface area contributed by atoms with Crippen molar-refractivity contribution in [2.75, 3.05) is 6.61 Å². The van der Waals surface area contributed by atoms with Crippen molar-refractivity contribution >= 4 is 0 Å². The lowest BCUT2D eigenvalue weighted by Crippen LogP contribution is -2.30. The molecule has 2 heterocycles. The number of H-pyrrole nitrogens is 1. The van der Waals surface area contributed by atoms with E-state index in [9.17, 15) is 10.2 Å². The van der Waals surface area contributed by atoms with Crippen LogP contribution >= 0.6 is 0 Å². The molecule has 33 heavy (non-hydrogen) atoms. The number of aryl methyl sites for hydroxylation is 1. The first-order valence-electron chi connectivity index (χ1n) is 13.2. The van der Waals surface area contributed by atoms with Crippen molar-refractivity contribution in [2.24, 2.45) is 11.8 Å². The molecule has 6 atom stereocenters. The molecule has 0 aromatic carbocycles. The molecule has 2 aliphatic rings. The summed E-state index contributed by atoms with van der Waals surface area (Å²) in [6.45, 7) is 2.93. The molecule has 188 valence electrons. The monoisotopic (exact) mass is 464 g/mol. The van der Waals surface area contributed by atoms with Gasteiger partial charge in [0.25, 0.3) is 0 Å². The molecule has 1 aliphatic carbocycles. The van der Waals surface area contributed by atoms with Gasteiger partial charge in [-0.15, -0.1) is 5.10 Å². The molecule has 3 N–H and O–H groups in total. The summed E-state index contributed by atoms with van der Waals surface area (Å²) in [6, 6.07) is 0. The van der Waals surface area contributed by atoms with E-state index >= 15 is 0 Å². The van der Waals surface area contributed by atoms with E-state index in [1.807, 2.05) is 6.08 Å². The van der Waals surface area contributed by atoms with Gasteiger partial charge in [-0.05, 0) is 54.9 Å². The van der Waals surface area contributed by atoms with Crippen LogP contribution in [0.15, 0.2) is 12.2 Å². The third-order valence-electron chi connectivity index (χ3n) is 7.11. The molecule has 1 saturated carbocycles. The van der Waals surface area contributed by atoms with Crippen LogP contribution in [0.5, 0.6) is 0 Å². The number of hydrogen-bond donors (Lipinski definition) is 3. The molecule has 8 nitrogen and oxygen atoms in total. The zero-order valence-corrected chi connectivity index (χ0v) is 20.3. The van der Waals surface area contributed by atoms with Crippen molar-refractivity contribution in [2.45, 2.75) is 121 Å². The number of nitrogens with one attached hydrogen (secondary N) is 1. The quantitative estimate of drug-likeness (QED) is 0.264. The Bertz CT molecular complexity index is 651. The van der Waals surface area contributed by atoms with Crippen molar-refractivity contribution in [3.8, 4) is 0 Å². The number of tetrazole rings is 1. The summed E-state index contributed by atoms with van der Waals surface area (Å²) in [6.07, 6.45) is 17.2. The van der Waals surface area contributed by atoms with E-state index in [0.717, 1.165) is 95.9 Å². The summed E-state index contributed by atoms with van der Waals surface area (Å²) in [5.74, 6) is 1.12. The number of unbranched alkanes of at least 4 members (excludes halogenated alkanes) is 5. The number of hydrogen-bond acceptors (Lipinski definition) is 7. The highest BCUT2D eigenvalue weighted by atomic mass is 16.7. The van der Waals surface area contributed by atoms with Crippen LogP contribution in [0.1, 0.15) is 96.2 Å². The fourth-order valence-corrected chi connectivity index (χ4v) is 5.18. The Balaban J connectivity index is 1.49. The Labute approximate surface area is 198 Å². The zero-order valence-electron chi connectivity index (χ0n) is 20.3. The molecule has 0 radical (unpaired) electrons. The minimum atomic E-state index is -0.424. The van der Waals surface area contributed by atoms with Crippen LogP contribution in [0.2, 0.25) is 0 Å². The molecule has 6 unspecified atom stereocenters. The maximum absolute atomic E-state index is 10.9. The Morgan fingerprint density at radius 1 is 1.18 bits per heavy atom. The summed E-state index contributed by atoms with van der Waals surface area (Å²) in [4.78, 5) is 0. The van der Waals surface area contributed by atoms with Crippen molar-refractivity contribution < 1.29 is 19.7 Å². The Kier molecular flexibility index (Phi) is 11.8. The second kappa shape index (κ2) is 14.8. The molecule has 2 fully saturated rings. The van der Waals surface area contributed by atoms with Gasteiger partial charge in [0.15, 0.2) is 6.29 Å². The maximum atomic E-state index is 10.9. The molecule has 0 spiro atoms. The fraction of sp³-hybridized carbons (Fsp3) is 0.880. The minimum Gasteiger partial charge on any atom is -0.393 e. The van der Waals surface area contributed by atoms with Crippen molar-refractivity contribution in [1.82, 2.24) is 20.6 Å². The molecule has 1 saturated heterocycles. The zero-order chi connectivity index (χ0) is 23.3. The number of ether oxygens (including phenoxy) is 2. The van der Waals surface area contributed by atoms with E-state index in [0.29, 0.717) is 6.42 Å². The standard InChI is InChI=1S/C25H44N4O4/c1-2-3-6-11-19(30)15-16-21-20(12-7-4-5-8-13-24-26-28-29-27-24)22(31)18-23(21)33-25-14-9-10-17-32-25/h15-16,19-23,25,30-31H,2-14,17-18H2,1H3,(H,26,27,28,29). The van der Waals surface area contributed by atoms with E-state index < -0.39 is 6.10 Å². The molecule has 1 aromatic rings. The van der Waals surface area contributed by atoms with Crippen LogP contribution in [0.3, 0.4) is 0 Å². The lowest BCUT2D eigenvalue weighted by atomic mass is 9.87. The number of rotatable bonds is 15. The Morgan fingerprint density at radius 2 is 2.06 bits per heavy atom. The van der Waals surface area contributed by atoms with Crippen LogP contribution in [-0.4, -0.2) is 62.0 Å². The Hall–Kier alpha value is -1.35. The fourth-order valence-electron chi connectivity index (χ4n) is 5.18. The molecular weight excluding hydrogens is 420 g/mol. The molecule has 0 bridgehead atoms. The summed E-state index contributed by atoms with van der Waals surface area (Å²) >= 11 is 0. The average Bonchev–Trinajstić information content (AvgIpc) is 3.43. The van der Waals surface area contributed by atoms with E-state index in [1.165, 1.54) is 0 Å². The van der Waals surface area contributed by atoms with E-state index in [-0.39, 0.29) is 30.3 Å². The van der Waals surface area contributed by atoms with Crippen molar-refractivity contribution in [3.05, 3.63) is 18.0 Å². The van der Waals surface area contributed by atoms with Gasteiger partial charge in [0.1, 0.15) is 5.82 Å². The van der Waals surface area contributed by atoms with Crippen LogP contribution in [-0.2, 0) is 15.9 Å². The predicted molar refractivity (Wildman–Crippen MR) is 126 cm³/mol. The number of nitrogens with zero attached hydrogens (tertiary/aromatic N) is 3. The first kappa shape index (κ1) is 26.3. The first-order chi connectivity index (χ1) is 16.2. The molecule has 1 aliphatic heterocycles. The smallest absolute Gasteiger partial charge is 0.157 e. The molecule has 8 heteroatoms. The average molecular weight is 465 g/mol. The second-order valence-electron chi connectivity index (χ2n) is 9.76. The highest BCUT2D eigenvalue weighted by molar-refractivity contribution is 5.05. The van der Waals surface area contributed by atoms with Crippen molar-refractivity contribution in [3.63, 3.8) is 0 Å². The lowest BCUT2D eigenvalue weighted by Gasteiger charge is -2.29. The van der Waals surface area contributed by atoms with E-state index in [1.54, 1.807) is 0 Å². The van der Waals surface area contributed by atoms with Gasteiger partial charge in [0.05, 0.1) is 18.3 Å². The normalized spacial score (nSPS) is 29.1. The third-order valence-corrected chi connectivity index (χ3v) is 7.11. The molecule has 0 amide bonds. The van der Waals surface area contributed by atoms with Gasteiger partial charge < -0.3 is 19.7 Å². The summed E-state index contributed by atoms with van der Waals surface area (Å²) in [7, 11) is 0. The highest BCUT2D eigenvalue weighted by Crippen LogP contribution is 2.40. The first-order valence-corrected chi connectivity index (χ1v) is 13.2. The molecule has 1 aromatic heterocycles. The largest absolute Gasteiger partial charge is 0.393 e. The number of aliphatic hydroxyl groups is 2. The van der Waals surface area contributed by atoms with Gasteiger partial charge in [-0.1, -0.05) is 57.6 Å². The van der Waals surface area contributed by atoms with E-state index in [2.05, 4.69) is 33.6 Å². The topological polar surface area (TPSA) is 113 Å². The number of aliphatic hydroxyl groups excluding tert-OH is 2. The maximum Gasteiger partial charge on any atom is 0.157 e. The van der Waals surface area contributed by atoms with Crippen molar-refractivity contribution in [1.29, 1.82) is 0 Å². The van der Waals surface area contributed by atoms with Crippen LogP contribution < -0.4 is 0 Å². The molecule has 3 rings (SSSR count). The number of aromatic nitrogens is 4. The summed E-state index contributed by atoms with van der Waals surface area (Å²) in [5.41, 5.74) is 0. The Morgan fingerprint density at radius 3 is 2.82 bits per heavy atom. The van der Waals surface area contributed by atoms with Gasteiger partial charge in [0, 0.05) is 25.4 Å². The van der Waals surface area contributed by atoms with Gasteiger partial charge in [0.2, 0.25) is 0 Å². The SMILES string of the molecule is CCCCCC(O)C=CC1C(OC2CCCCO2)CC(O)C1CCCCCCc1nnn[nH]1. The van der Waals surface area contributed by atoms with Gasteiger partial charge in [-0.25, -0.2) is 5.10 Å². The van der Waals surface area contributed by atoms with Crippen LogP contribution in [0.4, 0.5) is 0 Å². The number of aromatic amines is 1. The second-order valence-corrected chi connectivity index (χ2v) is 9.76.